The second-order valence-electron chi connectivity index (χ2n) is 5.61. The van der Waals surface area contributed by atoms with Crippen molar-refractivity contribution in [3.05, 3.63) is 17.3 Å². The summed E-state index contributed by atoms with van der Waals surface area (Å²) in [4.78, 5) is 25.7. The van der Waals surface area contributed by atoms with Gasteiger partial charge >= 0.3 is 0 Å². The largest absolute Gasteiger partial charge is 0.342 e. The highest BCUT2D eigenvalue weighted by Gasteiger charge is 2.24. The second-order valence-corrected chi connectivity index (χ2v) is 8.05. The summed E-state index contributed by atoms with van der Waals surface area (Å²) in [6.07, 6.45) is 6.12. The van der Waals surface area contributed by atoms with Crippen LogP contribution in [0.2, 0.25) is 0 Å². The monoisotopic (exact) mass is 335 g/mol. The lowest BCUT2D eigenvalue weighted by Crippen LogP contribution is -2.40. The maximum atomic E-state index is 12.6. The number of piperidine rings is 1. The Hall–Kier alpha value is -1.14. The molecule has 1 amide bonds. The first-order chi connectivity index (χ1) is 10.7. The van der Waals surface area contributed by atoms with Gasteiger partial charge in [0.05, 0.1) is 5.25 Å². The Kier molecular flexibility index (Phi) is 4.98. The highest BCUT2D eigenvalue weighted by Crippen LogP contribution is 2.33. The van der Waals surface area contributed by atoms with Crippen LogP contribution in [-0.4, -0.2) is 39.1 Å². The Morgan fingerprint density at radius 2 is 2.14 bits per heavy atom. The van der Waals surface area contributed by atoms with Crippen LogP contribution in [0, 0.1) is 0 Å². The van der Waals surface area contributed by atoms with Gasteiger partial charge in [-0.1, -0.05) is 18.7 Å². The van der Waals surface area contributed by atoms with Crippen molar-refractivity contribution in [3.63, 3.8) is 0 Å². The van der Waals surface area contributed by atoms with Crippen LogP contribution in [-0.2, 0) is 11.2 Å². The molecule has 0 spiro atoms. The SMILES string of the molecule is CCc1cc2c(SC(C)C(=O)N3CCCCC3)ncnc2s1. The third-order valence-electron chi connectivity index (χ3n) is 4.00. The highest BCUT2D eigenvalue weighted by atomic mass is 32.2. The molecule has 3 rings (SSSR count). The molecule has 118 valence electrons. The van der Waals surface area contributed by atoms with Crippen molar-refractivity contribution in [2.75, 3.05) is 13.1 Å². The van der Waals surface area contributed by atoms with Gasteiger partial charge in [0.1, 0.15) is 16.2 Å². The van der Waals surface area contributed by atoms with Crippen LogP contribution in [0.1, 0.15) is 38.0 Å². The fraction of sp³-hybridized carbons (Fsp3) is 0.562. The zero-order valence-electron chi connectivity index (χ0n) is 13.0. The maximum absolute atomic E-state index is 12.6. The van der Waals surface area contributed by atoms with Crippen LogP contribution in [0.4, 0.5) is 0 Å². The second kappa shape index (κ2) is 6.96. The number of carbonyl (C=O) groups excluding carboxylic acids is 1. The summed E-state index contributed by atoms with van der Waals surface area (Å²) in [6, 6.07) is 2.17. The van der Waals surface area contributed by atoms with E-state index in [0.717, 1.165) is 47.6 Å². The molecule has 1 aliphatic rings. The van der Waals surface area contributed by atoms with E-state index in [0.29, 0.717) is 0 Å². The summed E-state index contributed by atoms with van der Waals surface area (Å²) in [7, 11) is 0. The molecule has 0 radical (unpaired) electrons. The molecule has 0 N–H and O–H groups in total. The minimum absolute atomic E-state index is 0.0961. The van der Waals surface area contributed by atoms with E-state index < -0.39 is 0 Å². The van der Waals surface area contributed by atoms with E-state index in [1.807, 2.05) is 11.8 Å². The van der Waals surface area contributed by atoms with Crippen LogP contribution >= 0.6 is 23.1 Å². The number of likely N-dealkylation sites (tertiary alicyclic amines) is 1. The Morgan fingerprint density at radius 3 is 2.86 bits per heavy atom. The van der Waals surface area contributed by atoms with Crippen molar-refractivity contribution < 1.29 is 4.79 Å². The normalized spacial score (nSPS) is 16.9. The number of thiophene rings is 1. The first-order valence-corrected chi connectivity index (χ1v) is 9.57. The summed E-state index contributed by atoms with van der Waals surface area (Å²) in [5, 5.41) is 1.92. The minimum Gasteiger partial charge on any atom is -0.342 e. The number of aromatic nitrogens is 2. The molecule has 0 aliphatic carbocycles. The van der Waals surface area contributed by atoms with Crippen LogP contribution in [0.3, 0.4) is 0 Å². The molecule has 6 heteroatoms. The van der Waals surface area contributed by atoms with Gasteiger partial charge in [-0.2, -0.15) is 0 Å². The van der Waals surface area contributed by atoms with Gasteiger partial charge in [0.25, 0.3) is 0 Å². The standard InChI is InChI=1S/C16H21N3OS2/c1-3-12-9-13-14(17-10-18-15(13)22-12)21-11(2)16(20)19-7-5-4-6-8-19/h9-11H,3-8H2,1-2H3. The van der Waals surface area contributed by atoms with Crippen LogP contribution in [0.5, 0.6) is 0 Å². The fourth-order valence-electron chi connectivity index (χ4n) is 2.74. The van der Waals surface area contributed by atoms with Crippen molar-refractivity contribution in [1.29, 1.82) is 0 Å². The molecule has 1 atom stereocenters. The molecule has 0 aromatic carbocycles. The predicted molar refractivity (Wildman–Crippen MR) is 92.5 cm³/mol. The number of nitrogens with zero attached hydrogens (tertiary/aromatic N) is 3. The van der Waals surface area contributed by atoms with Gasteiger partial charge in [-0.3, -0.25) is 4.79 Å². The number of hydrogen-bond donors (Lipinski definition) is 0. The van der Waals surface area contributed by atoms with Gasteiger partial charge in [0.15, 0.2) is 0 Å². The summed E-state index contributed by atoms with van der Waals surface area (Å²) in [5.74, 6) is 0.238. The molecule has 0 bridgehead atoms. The van der Waals surface area contributed by atoms with E-state index in [1.54, 1.807) is 29.4 Å². The molecule has 4 nitrogen and oxygen atoms in total. The smallest absolute Gasteiger partial charge is 0.235 e. The van der Waals surface area contributed by atoms with Crippen molar-refractivity contribution in [2.24, 2.45) is 0 Å². The van der Waals surface area contributed by atoms with Gasteiger partial charge in [-0.15, -0.1) is 11.3 Å². The zero-order chi connectivity index (χ0) is 15.5. The van der Waals surface area contributed by atoms with Crippen LogP contribution in [0.15, 0.2) is 17.4 Å². The van der Waals surface area contributed by atoms with Gasteiger partial charge in [-0.05, 0) is 38.7 Å². The Labute approximate surface area is 139 Å². The van der Waals surface area contributed by atoms with E-state index in [4.69, 9.17) is 0 Å². The van der Waals surface area contributed by atoms with Crippen molar-refractivity contribution in [1.82, 2.24) is 14.9 Å². The average Bonchev–Trinajstić information content (AvgIpc) is 2.99. The summed E-state index contributed by atoms with van der Waals surface area (Å²) in [6.45, 7) is 5.94. The number of fused-ring (bicyclic) bond motifs is 1. The number of carbonyl (C=O) groups is 1. The van der Waals surface area contributed by atoms with Gasteiger partial charge in [0, 0.05) is 23.4 Å². The number of aryl methyl sites for hydroxylation is 1. The lowest BCUT2D eigenvalue weighted by atomic mass is 10.1. The third kappa shape index (κ3) is 3.27. The van der Waals surface area contributed by atoms with E-state index in [2.05, 4.69) is 23.0 Å². The Bertz CT molecular complexity index is 664. The highest BCUT2D eigenvalue weighted by molar-refractivity contribution is 8.00. The number of amides is 1. The maximum Gasteiger partial charge on any atom is 0.235 e. The predicted octanol–water partition coefficient (Wildman–Crippen LogP) is 3.75. The average molecular weight is 335 g/mol. The zero-order valence-corrected chi connectivity index (χ0v) is 14.7. The van der Waals surface area contributed by atoms with Gasteiger partial charge in [0.2, 0.25) is 5.91 Å². The molecule has 3 heterocycles. The van der Waals surface area contributed by atoms with Gasteiger partial charge in [-0.25, -0.2) is 9.97 Å². The van der Waals surface area contributed by atoms with Crippen LogP contribution < -0.4 is 0 Å². The van der Waals surface area contributed by atoms with Crippen molar-refractivity contribution in [2.45, 2.75) is 49.8 Å². The first-order valence-electron chi connectivity index (χ1n) is 7.88. The summed E-state index contributed by atoms with van der Waals surface area (Å²) < 4.78 is 0. The van der Waals surface area contributed by atoms with Crippen molar-refractivity contribution in [3.8, 4) is 0 Å². The molecule has 22 heavy (non-hydrogen) atoms. The third-order valence-corrected chi connectivity index (χ3v) is 6.29. The summed E-state index contributed by atoms with van der Waals surface area (Å²) >= 11 is 3.28. The Balaban J connectivity index is 1.77. The lowest BCUT2D eigenvalue weighted by molar-refractivity contribution is -0.131. The minimum atomic E-state index is -0.0961. The number of thioether (sulfide) groups is 1. The summed E-state index contributed by atoms with van der Waals surface area (Å²) in [5.41, 5.74) is 0. The molecule has 1 aliphatic heterocycles. The number of rotatable bonds is 4. The van der Waals surface area contributed by atoms with E-state index in [-0.39, 0.29) is 11.2 Å². The van der Waals surface area contributed by atoms with Crippen LogP contribution in [0.25, 0.3) is 10.2 Å². The molecule has 0 saturated carbocycles. The lowest BCUT2D eigenvalue weighted by Gasteiger charge is -2.28. The molecule has 1 fully saturated rings. The fourth-order valence-corrected chi connectivity index (χ4v) is 4.72. The van der Waals surface area contributed by atoms with E-state index in [1.165, 1.54) is 11.3 Å². The van der Waals surface area contributed by atoms with E-state index >= 15 is 0 Å². The van der Waals surface area contributed by atoms with E-state index in [9.17, 15) is 4.79 Å². The molecule has 2 aromatic heterocycles. The quantitative estimate of drug-likeness (QED) is 0.631. The molecule has 1 unspecified atom stereocenters. The van der Waals surface area contributed by atoms with Gasteiger partial charge < -0.3 is 4.90 Å². The first kappa shape index (κ1) is 15.7. The topological polar surface area (TPSA) is 46.1 Å². The molecular formula is C16H21N3OS2. The molecular weight excluding hydrogens is 314 g/mol. The van der Waals surface area contributed by atoms with Crippen molar-refractivity contribution >= 4 is 39.2 Å². The molecule has 2 aromatic rings. The Morgan fingerprint density at radius 1 is 1.36 bits per heavy atom. The number of hydrogen-bond acceptors (Lipinski definition) is 5. The molecule has 1 saturated heterocycles.